The molecule has 0 aromatic rings. The summed E-state index contributed by atoms with van der Waals surface area (Å²) in [7, 11) is 0. The molecule has 67 heavy (non-hydrogen) atoms. The van der Waals surface area contributed by atoms with Gasteiger partial charge in [-0.05, 0) is 104 Å². The Morgan fingerprint density at radius 3 is 2.04 bits per heavy atom. The number of ether oxygens (including phenoxy) is 6. The van der Waals surface area contributed by atoms with Crippen molar-refractivity contribution in [1.29, 1.82) is 0 Å². The van der Waals surface area contributed by atoms with Gasteiger partial charge in [-0.15, -0.1) is 0 Å². The Hall–Kier alpha value is -1.76. The van der Waals surface area contributed by atoms with E-state index < -0.39 is 140 Å². The fraction of sp³-hybridized carbons (Fsp3) is 0.917. The van der Waals surface area contributed by atoms with Gasteiger partial charge >= 0.3 is 5.97 Å². The zero-order valence-corrected chi connectivity index (χ0v) is 39.6. The maximum Gasteiger partial charge on any atom is 0.315 e. The molecule has 0 spiro atoms. The highest BCUT2D eigenvalue weighted by molar-refractivity contribution is 5.79. The molecule has 19 nitrogen and oxygen atoms in total. The van der Waals surface area contributed by atoms with Gasteiger partial charge in [0.2, 0.25) is 6.29 Å². The van der Waals surface area contributed by atoms with Crippen molar-refractivity contribution in [2.24, 2.45) is 56.7 Å². The molecule has 3 heterocycles. The van der Waals surface area contributed by atoms with Crippen LogP contribution in [0.25, 0.3) is 0 Å². The SMILES string of the molecule is CC1CCC2(C(=O)OC3OC(COC4OC(CO)C(OC5OC(C)C(O)C(O)C5O)C(O)C4O)C(O)C(O)C3O)CCC3(C)C(=CCC4C5(C)CC(O)C(O)C(C)(C=O)C5CCC43C)C2C1C. The average molecular weight is 957 g/mol. The Kier molecular flexibility index (Phi) is 14.1. The Morgan fingerprint density at radius 1 is 0.731 bits per heavy atom. The summed E-state index contributed by atoms with van der Waals surface area (Å²) in [4.78, 5) is 27.7. The van der Waals surface area contributed by atoms with Gasteiger partial charge in [0.05, 0.1) is 42.4 Å². The van der Waals surface area contributed by atoms with E-state index in [1.807, 2.05) is 0 Å². The van der Waals surface area contributed by atoms with Crippen LogP contribution in [0, 0.1) is 56.7 Å². The number of aldehydes is 1. The van der Waals surface area contributed by atoms with Crippen LogP contribution in [-0.4, -0.2) is 186 Å². The molecule has 8 aliphatic rings. The van der Waals surface area contributed by atoms with Gasteiger partial charge in [0.15, 0.2) is 12.6 Å². The minimum absolute atomic E-state index is 0.0448. The Balaban J connectivity index is 0.986. The van der Waals surface area contributed by atoms with Gasteiger partial charge in [-0.1, -0.05) is 53.2 Å². The molecule has 27 atom stereocenters. The molecule has 27 unspecified atom stereocenters. The van der Waals surface area contributed by atoms with Crippen LogP contribution in [0.2, 0.25) is 0 Å². The molecule has 3 aliphatic heterocycles. The Bertz CT molecular complexity index is 1850. The van der Waals surface area contributed by atoms with Crippen molar-refractivity contribution >= 4 is 12.3 Å². The van der Waals surface area contributed by atoms with E-state index in [2.05, 4.69) is 40.7 Å². The van der Waals surface area contributed by atoms with Crippen molar-refractivity contribution in [3.05, 3.63) is 11.6 Å². The molecule has 3 saturated heterocycles. The first kappa shape index (κ1) is 51.6. The maximum absolute atomic E-state index is 15.0. The van der Waals surface area contributed by atoms with E-state index in [1.165, 1.54) is 12.5 Å². The molecular weight excluding hydrogens is 881 g/mol. The molecule has 19 heteroatoms. The summed E-state index contributed by atoms with van der Waals surface area (Å²) < 4.78 is 34.7. The molecule has 0 radical (unpaired) electrons. The van der Waals surface area contributed by atoms with E-state index in [0.717, 1.165) is 19.1 Å². The number of carbonyl (C=O) groups is 2. The fourth-order valence-corrected chi connectivity index (χ4v) is 15.1. The summed E-state index contributed by atoms with van der Waals surface area (Å²) in [6.07, 6.45) is -18.6. The number of esters is 1. The summed E-state index contributed by atoms with van der Waals surface area (Å²) >= 11 is 0. The van der Waals surface area contributed by atoms with Crippen LogP contribution in [0.15, 0.2) is 11.6 Å². The number of hydrogen-bond donors (Lipinski definition) is 11. The third-order valence-electron chi connectivity index (χ3n) is 19.6. The minimum Gasteiger partial charge on any atom is -0.432 e. The number of aliphatic hydroxyl groups excluding tert-OH is 11. The number of hydrogen-bond acceptors (Lipinski definition) is 19. The van der Waals surface area contributed by atoms with E-state index in [-0.39, 0.29) is 40.4 Å². The first-order valence-electron chi connectivity index (χ1n) is 24.4. The van der Waals surface area contributed by atoms with Crippen LogP contribution in [0.4, 0.5) is 0 Å². The average Bonchev–Trinajstić information content (AvgIpc) is 3.29. The van der Waals surface area contributed by atoms with Crippen LogP contribution in [0.3, 0.4) is 0 Å². The van der Waals surface area contributed by atoms with Gasteiger partial charge in [0, 0.05) is 0 Å². The molecule has 0 amide bonds. The summed E-state index contributed by atoms with van der Waals surface area (Å²) in [5.74, 6) is -0.604. The third-order valence-corrected chi connectivity index (χ3v) is 19.6. The van der Waals surface area contributed by atoms with Gasteiger partial charge in [0.25, 0.3) is 0 Å². The largest absolute Gasteiger partial charge is 0.432 e. The molecule has 0 aromatic heterocycles. The van der Waals surface area contributed by atoms with Gasteiger partial charge in [-0.25, -0.2) is 0 Å². The van der Waals surface area contributed by atoms with Gasteiger partial charge in [-0.2, -0.15) is 0 Å². The normalized spacial score (nSPS) is 56.6. The van der Waals surface area contributed by atoms with E-state index in [0.29, 0.717) is 38.5 Å². The van der Waals surface area contributed by atoms with Crippen molar-refractivity contribution in [1.82, 2.24) is 0 Å². The van der Waals surface area contributed by atoms with Gasteiger partial charge < -0.3 is 89.4 Å². The monoisotopic (exact) mass is 956 g/mol. The molecule has 11 N–H and O–H groups in total. The smallest absolute Gasteiger partial charge is 0.315 e. The van der Waals surface area contributed by atoms with E-state index in [9.17, 15) is 65.8 Å². The second-order valence-corrected chi connectivity index (χ2v) is 22.7. The number of aliphatic hydroxyl groups is 11. The van der Waals surface area contributed by atoms with Crippen molar-refractivity contribution in [3.63, 3.8) is 0 Å². The molecule has 0 bridgehead atoms. The molecule has 382 valence electrons. The van der Waals surface area contributed by atoms with E-state index in [4.69, 9.17) is 28.4 Å². The molecule has 4 saturated carbocycles. The number of fused-ring (bicyclic) bond motifs is 7. The lowest BCUT2D eigenvalue weighted by Gasteiger charge is -2.71. The van der Waals surface area contributed by atoms with E-state index >= 15 is 0 Å². The summed E-state index contributed by atoms with van der Waals surface area (Å²) in [6, 6.07) is 0. The highest BCUT2D eigenvalue weighted by Crippen LogP contribution is 2.76. The first-order valence-corrected chi connectivity index (χ1v) is 24.4. The molecule has 0 aromatic carbocycles. The van der Waals surface area contributed by atoms with Crippen LogP contribution < -0.4 is 0 Å². The molecule has 5 aliphatic carbocycles. The standard InChI is InChI=1S/C48H76O19/c1-20-10-13-48(15-14-46(6)23(29(48)21(20)2)8-9-28-44(4)16-24(51)39(60)45(5,19-50)27(44)11-12-47(28,46)7)43(61)67-42-36(58)33(55)31(53)26(65-42)18-62-40-37(59)34(56)38(25(17-49)64-40)66-41-35(57)32(54)30(52)22(3)63-41/h8,19-22,24-42,49,51-60H,9-18H2,1-7H3. The van der Waals surface area contributed by atoms with Crippen LogP contribution in [-0.2, 0) is 38.0 Å². The molecular formula is C48H76O19. The predicted molar refractivity (Wildman–Crippen MR) is 230 cm³/mol. The van der Waals surface area contributed by atoms with Gasteiger partial charge in [0.1, 0.15) is 73.4 Å². The lowest BCUT2D eigenvalue weighted by atomic mass is 9.33. The second kappa shape index (κ2) is 18.4. The highest BCUT2D eigenvalue weighted by Gasteiger charge is 2.71. The first-order chi connectivity index (χ1) is 31.4. The lowest BCUT2D eigenvalue weighted by molar-refractivity contribution is -0.361. The summed E-state index contributed by atoms with van der Waals surface area (Å²) in [5.41, 5.74) is -2.04. The zero-order valence-electron chi connectivity index (χ0n) is 39.6. The fourth-order valence-electron chi connectivity index (χ4n) is 15.1. The summed E-state index contributed by atoms with van der Waals surface area (Å²) in [5, 5.41) is 119. The van der Waals surface area contributed by atoms with Crippen molar-refractivity contribution < 1.29 is 94.2 Å². The highest BCUT2D eigenvalue weighted by atomic mass is 16.8. The second-order valence-electron chi connectivity index (χ2n) is 22.7. The number of allylic oxidation sites excluding steroid dienone is 2. The van der Waals surface area contributed by atoms with Gasteiger partial charge in [-0.3, -0.25) is 4.79 Å². The summed E-state index contributed by atoms with van der Waals surface area (Å²) in [6.45, 7) is 13.0. The van der Waals surface area contributed by atoms with Crippen molar-refractivity contribution in [2.45, 2.75) is 204 Å². The molecule has 8 rings (SSSR count). The van der Waals surface area contributed by atoms with Crippen molar-refractivity contribution in [3.8, 4) is 0 Å². The predicted octanol–water partition coefficient (Wildman–Crippen LogP) is -0.826. The third kappa shape index (κ3) is 7.83. The Morgan fingerprint density at radius 2 is 1.37 bits per heavy atom. The lowest BCUT2D eigenvalue weighted by Crippen LogP contribution is -2.68. The van der Waals surface area contributed by atoms with Crippen LogP contribution >= 0.6 is 0 Å². The van der Waals surface area contributed by atoms with Crippen LogP contribution in [0.5, 0.6) is 0 Å². The van der Waals surface area contributed by atoms with Crippen molar-refractivity contribution in [2.75, 3.05) is 13.2 Å². The zero-order chi connectivity index (χ0) is 49.1. The minimum atomic E-state index is -1.87. The van der Waals surface area contributed by atoms with E-state index in [1.54, 1.807) is 6.92 Å². The van der Waals surface area contributed by atoms with Crippen LogP contribution in [0.1, 0.15) is 99.8 Å². The quantitative estimate of drug-likeness (QED) is 0.0764. The number of rotatable bonds is 9. The number of carbonyl (C=O) groups excluding carboxylic acids is 2. The molecule has 7 fully saturated rings. The topological polar surface area (TPSA) is 312 Å². The Labute approximate surface area is 391 Å². The maximum atomic E-state index is 15.0.